The third-order valence-corrected chi connectivity index (χ3v) is 4.93. The van der Waals surface area contributed by atoms with Crippen molar-refractivity contribution < 1.29 is 0 Å². The first-order chi connectivity index (χ1) is 10.1. The Morgan fingerprint density at radius 2 is 2.05 bits per heavy atom. The van der Waals surface area contributed by atoms with Crippen LogP contribution in [0.3, 0.4) is 0 Å². The third kappa shape index (κ3) is 2.30. The highest BCUT2D eigenvalue weighted by molar-refractivity contribution is 5.55. The van der Waals surface area contributed by atoms with Crippen molar-refractivity contribution in [2.24, 2.45) is 5.73 Å². The molecule has 2 N–H and O–H groups in total. The molecule has 5 heteroatoms. The van der Waals surface area contributed by atoms with Gasteiger partial charge >= 0.3 is 0 Å². The smallest absolute Gasteiger partial charge is 0.152 e. The Morgan fingerprint density at radius 3 is 2.62 bits per heavy atom. The lowest BCUT2D eigenvalue weighted by Gasteiger charge is -2.49. The molecule has 2 heterocycles. The zero-order chi connectivity index (χ0) is 15.0. The Kier molecular flexibility index (Phi) is 3.63. The van der Waals surface area contributed by atoms with Crippen molar-refractivity contribution >= 4 is 11.5 Å². The van der Waals surface area contributed by atoms with Gasteiger partial charge in [-0.2, -0.15) is 0 Å². The highest BCUT2D eigenvalue weighted by atomic mass is 15.3. The maximum atomic E-state index is 5.97. The predicted molar refractivity (Wildman–Crippen MR) is 86.6 cm³/mol. The molecule has 0 radical (unpaired) electrons. The van der Waals surface area contributed by atoms with Gasteiger partial charge in [0.2, 0.25) is 0 Å². The lowest BCUT2D eigenvalue weighted by atomic mass is 9.75. The standard InChI is InChI=1S/C16H25N5/c1-19(2)16(8-6-9-16)12-20(3)15-13(11-17)21-10-5-4-7-14(21)18-15/h4-5,7,10H,6,8-9,11-12,17H2,1-3H3. The molecule has 0 aromatic carbocycles. The van der Waals surface area contributed by atoms with Crippen molar-refractivity contribution in [1.29, 1.82) is 0 Å². The van der Waals surface area contributed by atoms with E-state index in [9.17, 15) is 0 Å². The molecule has 3 rings (SSSR count). The summed E-state index contributed by atoms with van der Waals surface area (Å²) < 4.78 is 2.09. The van der Waals surface area contributed by atoms with Gasteiger partial charge in [0.25, 0.3) is 0 Å². The molecule has 21 heavy (non-hydrogen) atoms. The molecule has 0 bridgehead atoms. The molecule has 1 aliphatic carbocycles. The van der Waals surface area contributed by atoms with Crippen molar-refractivity contribution in [3.8, 4) is 0 Å². The summed E-state index contributed by atoms with van der Waals surface area (Å²) >= 11 is 0. The van der Waals surface area contributed by atoms with E-state index < -0.39 is 0 Å². The number of rotatable bonds is 5. The van der Waals surface area contributed by atoms with Gasteiger partial charge < -0.3 is 19.9 Å². The van der Waals surface area contributed by atoms with Crippen LogP contribution in [0, 0.1) is 0 Å². The van der Waals surface area contributed by atoms with Gasteiger partial charge in [-0.25, -0.2) is 4.98 Å². The maximum absolute atomic E-state index is 5.97. The second-order valence-corrected chi connectivity index (χ2v) is 6.34. The zero-order valence-electron chi connectivity index (χ0n) is 13.2. The van der Waals surface area contributed by atoms with Gasteiger partial charge in [0.15, 0.2) is 5.82 Å². The number of imidazole rings is 1. The fraction of sp³-hybridized carbons (Fsp3) is 0.562. The number of nitrogens with zero attached hydrogens (tertiary/aromatic N) is 4. The van der Waals surface area contributed by atoms with E-state index in [-0.39, 0.29) is 5.54 Å². The van der Waals surface area contributed by atoms with Crippen LogP contribution in [0.1, 0.15) is 25.0 Å². The minimum absolute atomic E-state index is 0.288. The molecule has 114 valence electrons. The molecule has 2 aromatic rings. The topological polar surface area (TPSA) is 49.8 Å². The van der Waals surface area contributed by atoms with Crippen molar-refractivity contribution in [3.63, 3.8) is 0 Å². The van der Waals surface area contributed by atoms with Crippen LogP contribution in [0.5, 0.6) is 0 Å². The Bertz CT molecular complexity index is 627. The Morgan fingerprint density at radius 1 is 1.29 bits per heavy atom. The molecule has 0 saturated heterocycles. The quantitative estimate of drug-likeness (QED) is 0.909. The summed E-state index contributed by atoms with van der Waals surface area (Å²) in [5.41, 5.74) is 8.31. The van der Waals surface area contributed by atoms with E-state index in [0.29, 0.717) is 6.54 Å². The van der Waals surface area contributed by atoms with E-state index in [4.69, 9.17) is 10.7 Å². The van der Waals surface area contributed by atoms with Crippen LogP contribution in [0.25, 0.3) is 5.65 Å². The van der Waals surface area contributed by atoms with E-state index in [1.54, 1.807) is 0 Å². The number of pyridine rings is 1. The molecule has 1 saturated carbocycles. The van der Waals surface area contributed by atoms with Crippen molar-refractivity contribution in [2.75, 3.05) is 32.6 Å². The van der Waals surface area contributed by atoms with E-state index in [1.165, 1.54) is 19.3 Å². The van der Waals surface area contributed by atoms with Gasteiger partial charge in [0, 0.05) is 31.9 Å². The van der Waals surface area contributed by atoms with E-state index in [1.807, 2.05) is 24.4 Å². The van der Waals surface area contributed by atoms with Crippen molar-refractivity contribution in [1.82, 2.24) is 14.3 Å². The predicted octanol–water partition coefficient (Wildman–Crippen LogP) is 1.71. The summed E-state index contributed by atoms with van der Waals surface area (Å²) in [5.74, 6) is 1.01. The largest absolute Gasteiger partial charge is 0.356 e. The van der Waals surface area contributed by atoms with Crippen LogP contribution in [0.4, 0.5) is 5.82 Å². The van der Waals surface area contributed by atoms with Gasteiger partial charge in [-0.05, 0) is 45.5 Å². The average molecular weight is 287 g/mol. The second kappa shape index (κ2) is 5.31. The van der Waals surface area contributed by atoms with E-state index in [2.05, 4.69) is 35.3 Å². The van der Waals surface area contributed by atoms with Crippen LogP contribution < -0.4 is 10.6 Å². The Balaban J connectivity index is 1.92. The summed E-state index contributed by atoms with van der Waals surface area (Å²) in [5, 5.41) is 0. The third-order valence-electron chi connectivity index (χ3n) is 4.93. The summed E-state index contributed by atoms with van der Waals surface area (Å²) in [6.45, 7) is 1.50. The second-order valence-electron chi connectivity index (χ2n) is 6.34. The molecule has 0 unspecified atom stereocenters. The number of likely N-dealkylation sites (N-methyl/N-ethyl adjacent to an activating group) is 2. The summed E-state index contributed by atoms with van der Waals surface area (Å²) in [7, 11) is 6.49. The number of fused-ring (bicyclic) bond motifs is 1. The summed E-state index contributed by atoms with van der Waals surface area (Å²) in [4.78, 5) is 9.41. The fourth-order valence-corrected chi connectivity index (χ4v) is 3.38. The molecule has 1 aliphatic rings. The first-order valence-electron chi connectivity index (χ1n) is 7.62. The summed E-state index contributed by atoms with van der Waals surface area (Å²) in [6, 6.07) is 6.06. The number of hydrogen-bond acceptors (Lipinski definition) is 4. The SMILES string of the molecule is CN(CC1(N(C)C)CCC1)c1nc2ccccn2c1CN. The van der Waals surface area contributed by atoms with Crippen molar-refractivity contribution in [3.05, 3.63) is 30.1 Å². The highest BCUT2D eigenvalue weighted by Gasteiger charge is 2.40. The highest BCUT2D eigenvalue weighted by Crippen LogP contribution is 2.37. The van der Waals surface area contributed by atoms with Crippen LogP contribution >= 0.6 is 0 Å². The minimum atomic E-state index is 0.288. The van der Waals surface area contributed by atoms with Crippen LogP contribution in [-0.4, -0.2) is 47.5 Å². The van der Waals surface area contributed by atoms with Crippen LogP contribution in [-0.2, 0) is 6.54 Å². The number of anilines is 1. The van der Waals surface area contributed by atoms with Gasteiger partial charge in [0.05, 0.1) is 5.69 Å². The molecular weight excluding hydrogens is 262 g/mol. The normalized spacial score (nSPS) is 17.2. The van der Waals surface area contributed by atoms with Gasteiger partial charge in [0.1, 0.15) is 5.65 Å². The molecule has 2 aromatic heterocycles. The molecule has 0 atom stereocenters. The minimum Gasteiger partial charge on any atom is -0.356 e. The lowest BCUT2D eigenvalue weighted by Crippen LogP contribution is -2.57. The van der Waals surface area contributed by atoms with E-state index >= 15 is 0 Å². The molecular formula is C16H25N5. The number of nitrogens with two attached hydrogens (primary N) is 1. The first-order valence-corrected chi connectivity index (χ1v) is 7.62. The van der Waals surface area contributed by atoms with E-state index in [0.717, 1.165) is 23.7 Å². The Labute approximate surface area is 126 Å². The fourth-order valence-electron chi connectivity index (χ4n) is 3.38. The van der Waals surface area contributed by atoms with Gasteiger partial charge in [-0.1, -0.05) is 6.07 Å². The van der Waals surface area contributed by atoms with Crippen LogP contribution in [0.15, 0.2) is 24.4 Å². The molecule has 0 aliphatic heterocycles. The van der Waals surface area contributed by atoms with Gasteiger partial charge in [-0.3, -0.25) is 0 Å². The first kappa shape index (κ1) is 14.4. The molecule has 0 amide bonds. The molecule has 0 spiro atoms. The number of aromatic nitrogens is 2. The summed E-state index contributed by atoms with van der Waals surface area (Å²) in [6.07, 6.45) is 5.87. The van der Waals surface area contributed by atoms with Gasteiger partial charge in [-0.15, -0.1) is 0 Å². The average Bonchev–Trinajstić information content (AvgIpc) is 2.80. The molecule has 1 fully saturated rings. The van der Waals surface area contributed by atoms with Crippen LogP contribution in [0.2, 0.25) is 0 Å². The Hall–Kier alpha value is -1.59. The number of hydrogen-bond donors (Lipinski definition) is 1. The molecule has 5 nitrogen and oxygen atoms in total. The monoisotopic (exact) mass is 287 g/mol. The maximum Gasteiger partial charge on any atom is 0.152 e. The lowest BCUT2D eigenvalue weighted by molar-refractivity contribution is 0.0681. The van der Waals surface area contributed by atoms with Crippen molar-refractivity contribution in [2.45, 2.75) is 31.3 Å². The zero-order valence-corrected chi connectivity index (χ0v) is 13.2.